The van der Waals surface area contributed by atoms with Gasteiger partial charge >= 0.3 is 0 Å². The number of hydrogen-bond donors (Lipinski definition) is 0. The molecule has 3 aromatic heterocycles. The summed E-state index contributed by atoms with van der Waals surface area (Å²) in [7, 11) is 0. The molecule has 0 N–H and O–H groups in total. The van der Waals surface area contributed by atoms with Crippen LogP contribution in [0.1, 0.15) is 23.3 Å². The van der Waals surface area contributed by atoms with E-state index in [4.69, 9.17) is 23.2 Å². The normalized spacial score (nSPS) is 11.6. The fourth-order valence-corrected chi connectivity index (χ4v) is 3.63. The van der Waals surface area contributed by atoms with Crippen LogP contribution in [0.25, 0.3) is 11.2 Å². The molecule has 0 bridgehead atoms. The molecule has 0 aromatic carbocycles. The van der Waals surface area contributed by atoms with Gasteiger partial charge in [-0.05, 0) is 26.0 Å². The summed E-state index contributed by atoms with van der Waals surface area (Å²) in [4.78, 5) is 5.80. The van der Waals surface area contributed by atoms with Crippen LogP contribution in [0.5, 0.6) is 0 Å². The van der Waals surface area contributed by atoms with E-state index in [1.165, 1.54) is 4.88 Å². The summed E-state index contributed by atoms with van der Waals surface area (Å²) < 4.78 is 4.90. The van der Waals surface area contributed by atoms with Crippen LogP contribution < -0.4 is 0 Å². The van der Waals surface area contributed by atoms with Crippen molar-refractivity contribution in [3.05, 3.63) is 32.9 Å². The van der Waals surface area contributed by atoms with Crippen LogP contribution in [0.2, 0.25) is 4.34 Å². The summed E-state index contributed by atoms with van der Waals surface area (Å²) in [5, 5.41) is 4.52. The van der Waals surface area contributed by atoms with E-state index in [9.17, 15) is 0 Å². The van der Waals surface area contributed by atoms with Crippen LogP contribution in [-0.2, 0) is 19.0 Å². The molecule has 106 valence electrons. The van der Waals surface area contributed by atoms with E-state index < -0.39 is 0 Å². The number of hydrogen-bond acceptors (Lipinski definition) is 3. The predicted octanol–water partition coefficient (Wildman–Crippen LogP) is 4.06. The van der Waals surface area contributed by atoms with E-state index in [2.05, 4.69) is 21.6 Å². The van der Waals surface area contributed by atoms with Crippen LogP contribution >= 0.6 is 34.5 Å². The van der Waals surface area contributed by atoms with Crippen molar-refractivity contribution in [3.8, 4) is 0 Å². The summed E-state index contributed by atoms with van der Waals surface area (Å²) in [6.07, 6.45) is 0. The maximum absolute atomic E-state index is 6.04. The number of fused-ring (bicyclic) bond motifs is 1. The van der Waals surface area contributed by atoms with E-state index in [0.717, 1.165) is 40.1 Å². The highest BCUT2D eigenvalue weighted by molar-refractivity contribution is 7.16. The second-order valence-electron chi connectivity index (χ2n) is 4.53. The van der Waals surface area contributed by atoms with E-state index in [0.29, 0.717) is 5.88 Å². The molecular formula is C13H14Cl2N4S. The van der Waals surface area contributed by atoms with Crippen molar-refractivity contribution in [1.29, 1.82) is 0 Å². The van der Waals surface area contributed by atoms with Gasteiger partial charge in [-0.3, -0.25) is 0 Å². The number of rotatable bonds is 4. The first-order chi connectivity index (χ1) is 9.63. The van der Waals surface area contributed by atoms with Crippen molar-refractivity contribution >= 4 is 45.7 Å². The molecular weight excluding hydrogens is 315 g/mol. The topological polar surface area (TPSA) is 35.6 Å². The Labute approximate surface area is 130 Å². The lowest BCUT2D eigenvalue weighted by Crippen LogP contribution is -2.08. The second-order valence-corrected chi connectivity index (χ2v) is 6.59. The lowest BCUT2D eigenvalue weighted by molar-refractivity contribution is 0.640. The molecule has 7 heteroatoms. The van der Waals surface area contributed by atoms with Gasteiger partial charge in [0.15, 0.2) is 5.65 Å². The predicted molar refractivity (Wildman–Crippen MR) is 83.9 cm³/mol. The number of aryl methyl sites for hydroxylation is 2. The Balaban J connectivity index is 2.16. The van der Waals surface area contributed by atoms with E-state index in [1.807, 2.05) is 23.7 Å². The number of halogens is 2. The molecule has 0 saturated carbocycles. The van der Waals surface area contributed by atoms with Crippen molar-refractivity contribution < 1.29 is 0 Å². The molecule has 0 radical (unpaired) electrons. The summed E-state index contributed by atoms with van der Waals surface area (Å²) in [5.74, 6) is 1.26. The maximum atomic E-state index is 6.04. The Hall–Kier alpha value is -1.04. The molecule has 0 aliphatic carbocycles. The summed E-state index contributed by atoms with van der Waals surface area (Å²) >= 11 is 13.6. The van der Waals surface area contributed by atoms with Crippen molar-refractivity contribution in [3.63, 3.8) is 0 Å². The van der Waals surface area contributed by atoms with Gasteiger partial charge in [0.05, 0.1) is 22.5 Å². The molecule has 0 aliphatic rings. The molecule has 3 heterocycles. The molecule has 0 amide bonds. The molecule has 0 aliphatic heterocycles. The third-order valence-electron chi connectivity index (χ3n) is 3.24. The van der Waals surface area contributed by atoms with Gasteiger partial charge in [0.1, 0.15) is 11.3 Å². The molecule has 3 aromatic rings. The van der Waals surface area contributed by atoms with Crippen LogP contribution in [0.4, 0.5) is 0 Å². The van der Waals surface area contributed by atoms with E-state index in [1.54, 1.807) is 11.3 Å². The Morgan fingerprint density at radius 2 is 2.15 bits per heavy atom. The molecule has 0 spiro atoms. The minimum Gasteiger partial charge on any atom is -0.307 e. The Bertz CT molecular complexity index is 756. The standard InChI is InChI=1S/C13H14Cl2N4S/c1-3-19-13-12(8(2)17-19)16-11(6-14)18(13)7-9-4-5-10(15)20-9/h4-5H,3,6-7H2,1-2H3. The van der Waals surface area contributed by atoms with E-state index >= 15 is 0 Å². The molecule has 3 rings (SSSR count). The van der Waals surface area contributed by atoms with E-state index in [-0.39, 0.29) is 0 Å². The number of alkyl halides is 1. The van der Waals surface area contributed by atoms with Crippen LogP contribution in [0.15, 0.2) is 12.1 Å². The van der Waals surface area contributed by atoms with Gasteiger partial charge in [0.2, 0.25) is 0 Å². The van der Waals surface area contributed by atoms with Gasteiger partial charge in [-0.25, -0.2) is 9.67 Å². The highest BCUT2D eigenvalue weighted by Gasteiger charge is 2.18. The van der Waals surface area contributed by atoms with Crippen molar-refractivity contribution in [2.75, 3.05) is 0 Å². The van der Waals surface area contributed by atoms with Crippen LogP contribution in [0.3, 0.4) is 0 Å². The molecule has 0 unspecified atom stereocenters. The number of nitrogens with zero attached hydrogens (tertiary/aromatic N) is 4. The largest absolute Gasteiger partial charge is 0.307 e. The van der Waals surface area contributed by atoms with Gasteiger partial charge < -0.3 is 4.57 Å². The molecule has 20 heavy (non-hydrogen) atoms. The van der Waals surface area contributed by atoms with Gasteiger partial charge in [0.25, 0.3) is 0 Å². The molecule has 0 atom stereocenters. The van der Waals surface area contributed by atoms with Crippen LogP contribution in [0, 0.1) is 6.92 Å². The number of aromatic nitrogens is 4. The van der Waals surface area contributed by atoms with Gasteiger partial charge in [-0.1, -0.05) is 11.6 Å². The minimum atomic E-state index is 0.386. The maximum Gasteiger partial charge on any atom is 0.159 e. The smallest absolute Gasteiger partial charge is 0.159 e. The first-order valence-corrected chi connectivity index (χ1v) is 8.09. The van der Waals surface area contributed by atoms with Crippen molar-refractivity contribution in [1.82, 2.24) is 19.3 Å². The zero-order valence-corrected chi connectivity index (χ0v) is 13.6. The minimum absolute atomic E-state index is 0.386. The van der Waals surface area contributed by atoms with Crippen molar-refractivity contribution in [2.24, 2.45) is 0 Å². The monoisotopic (exact) mass is 328 g/mol. The Morgan fingerprint density at radius 3 is 2.75 bits per heavy atom. The summed E-state index contributed by atoms with van der Waals surface area (Å²) in [5.41, 5.74) is 2.91. The first-order valence-electron chi connectivity index (χ1n) is 6.36. The third-order valence-corrected chi connectivity index (χ3v) is 4.69. The fraction of sp³-hybridized carbons (Fsp3) is 0.385. The SMILES string of the molecule is CCn1nc(C)c2nc(CCl)n(Cc3ccc(Cl)s3)c21. The zero-order chi connectivity index (χ0) is 14.3. The van der Waals surface area contributed by atoms with Gasteiger partial charge in [-0.2, -0.15) is 5.10 Å². The Kier molecular flexibility index (Phi) is 3.75. The summed E-state index contributed by atoms with van der Waals surface area (Å²) in [6, 6.07) is 3.95. The zero-order valence-electron chi connectivity index (χ0n) is 11.2. The lowest BCUT2D eigenvalue weighted by atomic mass is 10.4. The quantitative estimate of drug-likeness (QED) is 0.677. The Morgan fingerprint density at radius 1 is 1.35 bits per heavy atom. The molecule has 4 nitrogen and oxygen atoms in total. The third kappa shape index (κ3) is 2.24. The molecule has 0 fully saturated rings. The second kappa shape index (κ2) is 5.39. The van der Waals surface area contributed by atoms with Crippen LogP contribution in [-0.4, -0.2) is 19.3 Å². The van der Waals surface area contributed by atoms with Gasteiger partial charge in [0, 0.05) is 11.4 Å². The highest BCUT2D eigenvalue weighted by Crippen LogP contribution is 2.26. The number of thiophene rings is 1. The highest BCUT2D eigenvalue weighted by atomic mass is 35.5. The average Bonchev–Trinajstić information content (AvgIpc) is 3.08. The lowest BCUT2D eigenvalue weighted by Gasteiger charge is -2.07. The summed E-state index contributed by atoms with van der Waals surface area (Å²) in [6.45, 7) is 5.58. The fourth-order valence-electron chi connectivity index (χ4n) is 2.35. The first kappa shape index (κ1) is 13.9. The average molecular weight is 329 g/mol. The molecule has 0 saturated heterocycles. The van der Waals surface area contributed by atoms with Crippen molar-refractivity contribution in [2.45, 2.75) is 32.8 Å². The van der Waals surface area contributed by atoms with Gasteiger partial charge in [-0.15, -0.1) is 22.9 Å². The number of imidazole rings is 1.